The maximum absolute atomic E-state index is 11.8. The number of rotatable bonds is 6. The molecule has 0 saturated heterocycles. The number of urea groups is 1. The lowest BCUT2D eigenvalue weighted by atomic mass is 10.2. The first-order valence-corrected chi connectivity index (χ1v) is 7.40. The highest BCUT2D eigenvalue weighted by molar-refractivity contribution is 5.92. The van der Waals surface area contributed by atoms with Gasteiger partial charge in [0.15, 0.2) is 0 Å². The number of hydrogen-bond donors (Lipinski definition) is 2. The number of hydrogen-bond acceptors (Lipinski definition) is 4. The van der Waals surface area contributed by atoms with E-state index >= 15 is 0 Å². The lowest BCUT2D eigenvalue weighted by Crippen LogP contribution is -2.28. The number of nitrogens with zero attached hydrogens (tertiary/aromatic N) is 1. The van der Waals surface area contributed by atoms with Gasteiger partial charge in [0, 0.05) is 24.6 Å². The maximum atomic E-state index is 11.8. The molecule has 0 aliphatic heterocycles. The number of benzene rings is 1. The summed E-state index contributed by atoms with van der Waals surface area (Å²) in [4.78, 5) is 27.5. The van der Waals surface area contributed by atoms with E-state index in [0.29, 0.717) is 24.4 Å². The van der Waals surface area contributed by atoms with Crippen molar-refractivity contribution in [2.24, 2.45) is 0 Å². The minimum atomic E-state index is -0.362. The normalized spacial score (nSPS) is 9.96. The molecule has 0 aliphatic carbocycles. The van der Waals surface area contributed by atoms with E-state index in [4.69, 9.17) is 4.74 Å². The smallest absolute Gasteiger partial charge is 0.338 e. The average molecular weight is 313 g/mol. The Labute approximate surface area is 134 Å². The summed E-state index contributed by atoms with van der Waals surface area (Å²) in [5.41, 5.74) is 1.97. The summed E-state index contributed by atoms with van der Waals surface area (Å²) in [6.45, 7) is 2.72. The maximum Gasteiger partial charge on any atom is 0.338 e. The highest BCUT2D eigenvalue weighted by atomic mass is 16.5. The second-order valence-corrected chi connectivity index (χ2v) is 4.88. The molecular weight excluding hydrogens is 294 g/mol. The summed E-state index contributed by atoms with van der Waals surface area (Å²) in [5, 5.41) is 5.43. The second kappa shape index (κ2) is 8.53. The number of pyridine rings is 1. The molecule has 0 atom stereocenters. The number of aromatic nitrogens is 1. The van der Waals surface area contributed by atoms with E-state index in [1.54, 1.807) is 36.7 Å². The molecule has 0 aliphatic rings. The van der Waals surface area contributed by atoms with Gasteiger partial charge in [-0.1, -0.05) is 13.0 Å². The lowest BCUT2D eigenvalue weighted by Gasteiger charge is -2.08. The first-order chi connectivity index (χ1) is 11.2. The minimum absolute atomic E-state index is 0.324. The van der Waals surface area contributed by atoms with Crippen LogP contribution < -0.4 is 10.6 Å². The predicted molar refractivity (Wildman–Crippen MR) is 87.1 cm³/mol. The quantitative estimate of drug-likeness (QED) is 0.803. The zero-order chi connectivity index (χ0) is 16.5. The Hall–Kier alpha value is -2.89. The minimum Gasteiger partial charge on any atom is -0.462 e. The van der Waals surface area contributed by atoms with Crippen LogP contribution in [0.25, 0.3) is 0 Å². The third-order valence-corrected chi connectivity index (χ3v) is 2.99. The number of nitrogens with one attached hydrogen (secondary N) is 2. The van der Waals surface area contributed by atoms with Gasteiger partial charge in [-0.2, -0.15) is 0 Å². The van der Waals surface area contributed by atoms with Gasteiger partial charge in [0.05, 0.1) is 12.2 Å². The highest BCUT2D eigenvalue weighted by Crippen LogP contribution is 2.10. The Morgan fingerprint density at radius 1 is 1.17 bits per heavy atom. The fourth-order valence-electron chi connectivity index (χ4n) is 1.83. The van der Waals surface area contributed by atoms with Crippen LogP contribution in [-0.4, -0.2) is 23.6 Å². The Morgan fingerprint density at radius 3 is 2.61 bits per heavy atom. The molecule has 0 unspecified atom stereocenters. The van der Waals surface area contributed by atoms with Crippen LogP contribution in [0, 0.1) is 0 Å². The molecule has 2 aromatic rings. The van der Waals surface area contributed by atoms with Gasteiger partial charge in [0.25, 0.3) is 0 Å². The van der Waals surface area contributed by atoms with Gasteiger partial charge in [0.2, 0.25) is 0 Å². The molecular formula is C17H19N3O3. The van der Waals surface area contributed by atoms with Crippen molar-refractivity contribution < 1.29 is 14.3 Å². The van der Waals surface area contributed by atoms with Crippen LogP contribution >= 0.6 is 0 Å². The van der Waals surface area contributed by atoms with Crippen molar-refractivity contribution in [1.29, 1.82) is 0 Å². The summed E-state index contributed by atoms with van der Waals surface area (Å²) in [6, 6.07) is 9.92. The van der Waals surface area contributed by atoms with Crippen molar-refractivity contribution in [2.75, 3.05) is 11.9 Å². The number of anilines is 1. The average Bonchev–Trinajstić information content (AvgIpc) is 2.59. The zero-order valence-corrected chi connectivity index (χ0v) is 12.9. The molecule has 120 valence electrons. The van der Waals surface area contributed by atoms with Crippen LogP contribution in [-0.2, 0) is 11.3 Å². The molecule has 1 aromatic carbocycles. The van der Waals surface area contributed by atoms with Gasteiger partial charge >= 0.3 is 12.0 Å². The van der Waals surface area contributed by atoms with E-state index in [0.717, 1.165) is 12.0 Å². The third kappa shape index (κ3) is 5.43. The van der Waals surface area contributed by atoms with Crippen molar-refractivity contribution in [2.45, 2.75) is 19.9 Å². The molecule has 2 rings (SSSR count). The van der Waals surface area contributed by atoms with Gasteiger partial charge in [-0.05, 0) is 42.3 Å². The van der Waals surface area contributed by atoms with E-state index in [2.05, 4.69) is 15.6 Å². The molecule has 6 heteroatoms. The van der Waals surface area contributed by atoms with Crippen molar-refractivity contribution in [1.82, 2.24) is 10.3 Å². The number of esters is 1. The summed E-state index contributed by atoms with van der Waals surface area (Å²) in [6.07, 6.45) is 4.15. The first-order valence-electron chi connectivity index (χ1n) is 7.40. The molecule has 6 nitrogen and oxygen atoms in total. The van der Waals surface area contributed by atoms with E-state index in [9.17, 15) is 9.59 Å². The van der Waals surface area contributed by atoms with Crippen LogP contribution in [0.2, 0.25) is 0 Å². The molecule has 0 spiro atoms. The molecule has 0 fully saturated rings. The fraction of sp³-hybridized carbons (Fsp3) is 0.235. The molecule has 2 amide bonds. The van der Waals surface area contributed by atoms with E-state index < -0.39 is 0 Å². The van der Waals surface area contributed by atoms with Crippen molar-refractivity contribution in [3.05, 3.63) is 59.9 Å². The molecule has 2 N–H and O–H groups in total. The number of carbonyl (C=O) groups excluding carboxylic acids is 2. The zero-order valence-electron chi connectivity index (χ0n) is 12.9. The van der Waals surface area contributed by atoms with Gasteiger partial charge in [-0.25, -0.2) is 9.59 Å². The molecule has 0 radical (unpaired) electrons. The van der Waals surface area contributed by atoms with E-state index in [1.165, 1.54) is 0 Å². The molecule has 0 bridgehead atoms. The number of ether oxygens (including phenoxy) is 1. The standard InChI is InChI=1S/C17H19N3O3/c1-2-10-23-16(21)14-5-7-15(8-6-14)20-17(22)19-12-13-4-3-9-18-11-13/h3-9,11H,2,10,12H2,1H3,(H2,19,20,22). The van der Waals surface area contributed by atoms with E-state index in [1.807, 2.05) is 19.1 Å². The van der Waals surface area contributed by atoms with Crippen LogP contribution in [0.5, 0.6) is 0 Å². The van der Waals surface area contributed by atoms with Crippen molar-refractivity contribution >= 4 is 17.7 Å². The largest absolute Gasteiger partial charge is 0.462 e. The summed E-state index contributed by atoms with van der Waals surface area (Å²) in [7, 11) is 0. The SMILES string of the molecule is CCCOC(=O)c1ccc(NC(=O)NCc2cccnc2)cc1. The first kappa shape index (κ1) is 16.5. The lowest BCUT2D eigenvalue weighted by molar-refractivity contribution is 0.0505. The fourth-order valence-corrected chi connectivity index (χ4v) is 1.83. The van der Waals surface area contributed by atoms with Gasteiger partial charge in [-0.15, -0.1) is 0 Å². The summed E-state index contributed by atoms with van der Waals surface area (Å²) >= 11 is 0. The molecule has 1 heterocycles. The highest BCUT2D eigenvalue weighted by Gasteiger charge is 2.07. The Bertz CT molecular complexity index is 642. The van der Waals surface area contributed by atoms with Gasteiger partial charge in [0.1, 0.15) is 0 Å². The molecule has 1 aromatic heterocycles. The van der Waals surface area contributed by atoms with Gasteiger partial charge < -0.3 is 15.4 Å². The topological polar surface area (TPSA) is 80.3 Å². The van der Waals surface area contributed by atoms with Crippen LogP contribution in [0.4, 0.5) is 10.5 Å². The number of amides is 2. The number of carbonyl (C=O) groups is 2. The Kier molecular flexibility index (Phi) is 6.11. The predicted octanol–water partition coefficient (Wildman–Crippen LogP) is 2.97. The summed E-state index contributed by atoms with van der Waals surface area (Å²) in [5.74, 6) is -0.362. The molecule has 23 heavy (non-hydrogen) atoms. The monoisotopic (exact) mass is 313 g/mol. The van der Waals surface area contributed by atoms with Crippen LogP contribution in [0.15, 0.2) is 48.8 Å². The molecule has 0 saturated carbocycles. The van der Waals surface area contributed by atoms with E-state index in [-0.39, 0.29) is 12.0 Å². The van der Waals surface area contributed by atoms with Crippen molar-refractivity contribution in [3.8, 4) is 0 Å². The van der Waals surface area contributed by atoms with Crippen molar-refractivity contribution in [3.63, 3.8) is 0 Å². The Morgan fingerprint density at radius 2 is 1.96 bits per heavy atom. The second-order valence-electron chi connectivity index (χ2n) is 4.88. The Balaban J connectivity index is 1.83. The summed E-state index contributed by atoms with van der Waals surface area (Å²) < 4.78 is 5.04. The van der Waals surface area contributed by atoms with Crippen LogP contribution in [0.1, 0.15) is 29.3 Å². The third-order valence-electron chi connectivity index (χ3n) is 2.99. The van der Waals surface area contributed by atoms with Crippen LogP contribution in [0.3, 0.4) is 0 Å². The van der Waals surface area contributed by atoms with Gasteiger partial charge in [-0.3, -0.25) is 4.98 Å².